The fourth-order valence-electron chi connectivity index (χ4n) is 3.94. The summed E-state index contributed by atoms with van der Waals surface area (Å²) in [6.45, 7) is 9.19. The van der Waals surface area contributed by atoms with Crippen molar-refractivity contribution in [2.24, 2.45) is 0 Å². The van der Waals surface area contributed by atoms with E-state index in [4.69, 9.17) is 9.84 Å². The number of unbranched alkanes of at least 4 members (excludes halogenated alkanes) is 21. The van der Waals surface area contributed by atoms with Crippen LogP contribution in [0.15, 0.2) is 25.3 Å². The molecule has 0 aliphatic rings. The maximum absolute atomic E-state index is 10.9. The molecule has 0 rings (SSSR count). The standard InChI is InChI=1S/C27H52O2.C3H4O2/c1-3-5-6-7-8-9-10-11-12-13-14-15-16-17-18-19-20-21-22-23-24-25-26-29-27(28)4-2;1-2-3(4)5/h4H,2-3,5-26H2,1H3;2H,1H2,(H,4,5). The predicted octanol–water partition coefficient (Wildman–Crippen LogP) is 9.57. The van der Waals surface area contributed by atoms with E-state index in [0.29, 0.717) is 6.61 Å². The number of aliphatic carboxylic acids is 1. The van der Waals surface area contributed by atoms with Gasteiger partial charge in [0.15, 0.2) is 0 Å². The van der Waals surface area contributed by atoms with Crippen LogP contribution in [0.4, 0.5) is 0 Å². The van der Waals surface area contributed by atoms with Crippen molar-refractivity contribution in [3.8, 4) is 0 Å². The molecule has 0 saturated carbocycles. The first-order valence-electron chi connectivity index (χ1n) is 14.2. The summed E-state index contributed by atoms with van der Waals surface area (Å²) >= 11 is 0. The largest absolute Gasteiger partial charge is 0.478 e. The van der Waals surface area contributed by atoms with Gasteiger partial charge in [0.1, 0.15) is 0 Å². The molecule has 200 valence electrons. The number of rotatable bonds is 25. The lowest BCUT2D eigenvalue weighted by Crippen LogP contribution is -2.01. The van der Waals surface area contributed by atoms with Gasteiger partial charge in [0.2, 0.25) is 0 Å². The molecule has 0 aromatic carbocycles. The second kappa shape index (κ2) is 31.4. The van der Waals surface area contributed by atoms with Crippen molar-refractivity contribution in [2.45, 2.75) is 148 Å². The van der Waals surface area contributed by atoms with E-state index in [1.54, 1.807) is 0 Å². The molecular weight excluding hydrogens is 424 g/mol. The zero-order valence-electron chi connectivity index (χ0n) is 22.5. The smallest absolute Gasteiger partial charge is 0.330 e. The van der Waals surface area contributed by atoms with Crippen molar-refractivity contribution in [3.63, 3.8) is 0 Å². The molecule has 0 saturated heterocycles. The van der Waals surface area contributed by atoms with E-state index in [2.05, 4.69) is 20.1 Å². The quantitative estimate of drug-likeness (QED) is 0.0802. The molecule has 0 aromatic rings. The maximum atomic E-state index is 10.9. The SMILES string of the molecule is C=CC(=O)O.C=CC(=O)OCCCCCCCCCCCCCCCCCCCCCCCC. The first kappa shape index (κ1) is 34.6. The summed E-state index contributed by atoms with van der Waals surface area (Å²) in [4.78, 5) is 20.1. The van der Waals surface area contributed by atoms with Gasteiger partial charge in [-0.05, 0) is 6.42 Å². The molecule has 34 heavy (non-hydrogen) atoms. The Morgan fingerprint density at radius 1 is 0.559 bits per heavy atom. The molecule has 0 aromatic heterocycles. The van der Waals surface area contributed by atoms with Crippen molar-refractivity contribution in [1.29, 1.82) is 0 Å². The first-order chi connectivity index (χ1) is 16.6. The van der Waals surface area contributed by atoms with E-state index in [9.17, 15) is 9.59 Å². The van der Waals surface area contributed by atoms with E-state index < -0.39 is 5.97 Å². The van der Waals surface area contributed by atoms with E-state index in [1.165, 1.54) is 141 Å². The zero-order chi connectivity index (χ0) is 25.5. The second-order valence-corrected chi connectivity index (χ2v) is 9.34. The van der Waals surface area contributed by atoms with Gasteiger partial charge in [0, 0.05) is 12.2 Å². The van der Waals surface area contributed by atoms with Gasteiger partial charge >= 0.3 is 11.9 Å². The number of carboxylic acids is 1. The minimum atomic E-state index is -0.981. The summed E-state index contributed by atoms with van der Waals surface area (Å²) in [7, 11) is 0. The number of carboxylic acid groups (broad SMARTS) is 1. The summed E-state index contributed by atoms with van der Waals surface area (Å²) in [5.74, 6) is -1.28. The lowest BCUT2D eigenvalue weighted by Gasteiger charge is -2.04. The highest BCUT2D eigenvalue weighted by Crippen LogP contribution is 2.15. The average molecular weight is 481 g/mol. The summed E-state index contributed by atoms with van der Waals surface area (Å²) in [5, 5.41) is 7.60. The van der Waals surface area contributed by atoms with Crippen molar-refractivity contribution >= 4 is 11.9 Å². The molecule has 0 heterocycles. The Balaban J connectivity index is 0. The van der Waals surface area contributed by atoms with Crippen molar-refractivity contribution in [1.82, 2.24) is 0 Å². The number of hydrogen-bond acceptors (Lipinski definition) is 3. The van der Waals surface area contributed by atoms with Gasteiger partial charge in [0.05, 0.1) is 6.61 Å². The highest BCUT2D eigenvalue weighted by Gasteiger charge is 1.97. The van der Waals surface area contributed by atoms with Crippen molar-refractivity contribution in [2.75, 3.05) is 6.61 Å². The Morgan fingerprint density at radius 2 is 0.824 bits per heavy atom. The Hall–Kier alpha value is -1.58. The lowest BCUT2D eigenvalue weighted by molar-refractivity contribution is -0.138. The molecule has 0 aliphatic heterocycles. The third-order valence-electron chi connectivity index (χ3n) is 6.08. The second-order valence-electron chi connectivity index (χ2n) is 9.34. The molecule has 0 aliphatic carbocycles. The Morgan fingerprint density at radius 3 is 1.06 bits per heavy atom. The van der Waals surface area contributed by atoms with E-state index >= 15 is 0 Å². The van der Waals surface area contributed by atoms with E-state index in [0.717, 1.165) is 12.5 Å². The third-order valence-corrected chi connectivity index (χ3v) is 6.08. The topological polar surface area (TPSA) is 63.6 Å². The number of hydrogen-bond donors (Lipinski definition) is 1. The van der Waals surface area contributed by atoms with Crippen molar-refractivity contribution < 1.29 is 19.4 Å². The molecular formula is C30H56O4. The lowest BCUT2D eigenvalue weighted by atomic mass is 10.0. The van der Waals surface area contributed by atoms with Crippen LogP contribution in [0.1, 0.15) is 148 Å². The number of esters is 1. The summed E-state index contributed by atoms with van der Waals surface area (Å²) < 4.78 is 4.98. The average Bonchev–Trinajstić information content (AvgIpc) is 2.84. The molecule has 1 N–H and O–H groups in total. The molecule has 0 fully saturated rings. The highest BCUT2D eigenvalue weighted by atomic mass is 16.5. The molecule has 0 amide bonds. The van der Waals surface area contributed by atoms with Crippen LogP contribution in [0.3, 0.4) is 0 Å². The van der Waals surface area contributed by atoms with Crippen LogP contribution in [0.25, 0.3) is 0 Å². The highest BCUT2D eigenvalue weighted by molar-refractivity contribution is 5.81. The molecule has 0 bridgehead atoms. The summed E-state index contributed by atoms with van der Waals surface area (Å²) in [6, 6.07) is 0. The number of carbonyl (C=O) groups is 2. The zero-order valence-corrected chi connectivity index (χ0v) is 22.5. The van der Waals surface area contributed by atoms with Gasteiger partial charge in [-0.1, -0.05) is 155 Å². The third kappa shape index (κ3) is 35.0. The van der Waals surface area contributed by atoms with Gasteiger partial charge in [-0.2, -0.15) is 0 Å². The fraction of sp³-hybridized carbons (Fsp3) is 0.800. The Bertz CT molecular complexity index is 459. The van der Waals surface area contributed by atoms with Crippen LogP contribution in [0, 0.1) is 0 Å². The number of ether oxygens (including phenoxy) is 1. The van der Waals surface area contributed by atoms with Crippen LogP contribution in [0.5, 0.6) is 0 Å². The maximum Gasteiger partial charge on any atom is 0.330 e. The van der Waals surface area contributed by atoms with E-state index in [1.807, 2.05) is 0 Å². The summed E-state index contributed by atoms with van der Waals surface area (Å²) in [5.41, 5.74) is 0. The van der Waals surface area contributed by atoms with Gasteiger partial charge in [-0.15, -0.1) is 0 Å². The first-order valence-corrected chi connectivity index (χ1v) is 14.2. The predicted molar refractivity (Wildman–Crippen MR) is 146 cm³/mol. The molecule has 4 nitrogen and oxygen atoms in total. The minimum absolute atomic E-state index is 0.298. The molecule has 4 heteroatoms. The molecule has 0 spiro atoms. The van der Waals surface area contributed by atoms with Gasteiger partial charge in [-0.25, -0.2) is 9.59 Å². The minimum Gasteiger partial charge on any atom is -0.478 e. The van der Waals surface area contributed by atoms with E-state index in [-0.39, 0.29) is 5.97 Å². The monoisotopic (exact) mass is 480 g/mol. The van der Waals surface area contributed by atoms with Crippen LogP contribution in [-0.4, -0.2) is 23.7 Å². The molecule has 0 atom stereocenters. The number of carbonyl (C=O) groups excluding carboxylic acids is 1. The Labute approximate surface area is 211 Å². The van der Waals surface area contributed by atoms with Crippen LogP contribution in [0.2, 0.25) is 0 Å². The normalized spacial score (nSPS) is 10.3. The molecule has 0 radical (unpaired) electrons. The molecule has 0 unspecified atom stereocenters. The Kier molecular flexibility index (Phi) is 32.0. The van der Waals surface area contributed by atoms with Gasteiger partial charge in [0.25, 0.3) is 0 Å². The fourth-order valence-corrected chi connectivity index (χ4v) is 3.94. The summed E-state index contributed by atoms with van der Waals surface area (Å²) in [6.07, 6.45) is 32.7. The van der Waals surface area contributed by atoms with Crippen molar-refractivity contribution in [3.05, 3.63) is 25.3 Å². The van der Waals surface area contributed by atoms with Crippen LogP contribution >= 0.6 is 0 Å². The van der Waals surface area contributed by atoms with Gasteiger partial charge in [-0.3, -0.25) is 0 Å². The van der Waals surface area contributed by atoms with Gasteiger partial charge < -0.3 is 9.84 Å². The van der Waals surface area contributed by atoms with Crippen LogP contribution in [-0.2, 0) is 14.3 Å². The van der Waals surface area contributed by atoms with Crippen LogP contribution < -0.4 is 0 Å².